The second-order valence-electron chi connectivity index (χ2n) is 4.48. The van der Waals surface area contributed by atoms with Gasteiger partial charge in [0.05, 0.1) is 0 Å². The van der Waals surface area contributed by atoms with Gasteiger partial charge < -0.3 is 5.32 Å². The lowest BCUT2D eigenvalue weighted by molar-refractivity contribution is 0.427. The Morgan fingerprint density at radius 2 is 2.07 bits per heavy atom. The van der Waals surface area contributed by atoms with E-state index >= 15 is 0 Å². The van der Waals surface area contributed by atoms with Crippen LogP contribution < -0.4 is 5.32 Å². The van der Waals surface area contributed by atoms with Crippen molar-refractivity contribution in [2.45, 2.75) is 46.1 Å². The fourth-order valence-corrected chi connectivity index (χ4v) is 1.16. The van der Waals surface area contributed by atoms with Crippen LogP contribution in [0.1, 0.15) is 39.3 Å². The highest BCUT2D eigenvalue weighted by atomic mass is 15.2. The monoisotopic (exact) mass is 196 g/mol. The van der Waals surface area contributed by atoms with Gasteiger partial charge in [0.25, 0.3) is 0 Å². The summed E-state index contributed by atoms with van der Waals surface area (Å²) >= 11 is 0. The summed E-state index contributed by atoms with van der Waals surface area (Å²) in [4.78, 5) is 4.34. The van der Waals surface area contributed by atoms with Gasteiger partial charge in [-0.05, 0) is 20.8 Å². The van der Waals surface area contributed by atoms with Gasteiger partial charge in [0.1, 0.15) is 11.6 Å². The Morgan fingerprint density at radius 1 is 1.36 bits per heavy atom. The Labute approximate surface area is 85.5 Å². The van der Waals surface area contributed by atoms with Crippen molar-refractivity contribution in [2.75, 3.05) is 6.54 Å². The van der Waals surface area contributed by atoms with E-state index in [1.54, 1.807) is 0 Å². The number of nitrogens with zero attached hydrogens (tertiary/aromatic N) is 2. The topological polar surface area (TPSA) is 53.6 Å². The van der Waals surface area contributed by atoms with Gasteiger partial charge in [-0.15, -0.1) is 0 Å². The first-order valence-corrected chi connectivity index (χ1v) is 5.16. The molecule has 14 heavy (non-hydrogen) atoms. The van der Waals surface area contributed by atoms with E-state index in [1.165, 1.54) is 0 Å². The Morgan fingerprint density at radius 3 is 2.57 bits per heavy atom. The van der Waals surface area contributed by atoms with Gasteiger partial charge in [-0.25, -0.2) is 4.98 Å². The van der Waals surface area contributed by atoms with E-state index in [0.29, 0.717) is 0 Å². The zero-order valence-corrected chi connectivity index (χ0v) is 9.52. The molecule has 0 aromatic carbocycles. The van der Waals surface area contributed by atoms with Crippen molar-refractivity contribution < 1.29 is 0 Å². The SMILES string of the molecule is CCc1n[nH]c(CCNC(C)(C)C)n1. The van der Waals surface area contributed by atoms with Crippen LogP contribution in [0.5, 0.6) is 0 Å². The maximum atomic E-state index is 4.34. The molecule has 80 valence electrons. The van der Waals surface area contributed by atoms with Crippen molar-refractivity contribution in [1.29, 1.82) is 0 Å². The summed E-state index contributed by atoms with van der Waals surface area (Å²) in [6.07, 6.45) is 1.80. The predicted octanol–water partition coefficient (Wildman–Crippen LogP) is 1.30. The molecule has 0 radical (unpaired) electrons. The molecule has 0 fully saturated rings. The lowest BCUT2D eigenvalue weighted by Crippen LogP contribution is -2.37. The van der Waals surface area contributed by atoms with Gasteiger partial charge in [-0.2, -0.15) is 5.10 Å². The van der Waals surface area contributed by atoms with Crippen molar-refractivity contribution in [3.05, 3.63) is 11.6 Å². The van der Waals surface area contributed by atoms with Gasteiger partial charge >= 0.3 is 0 Å². The first-order chi connectivity index (χ1) is 6.51. The first-order valence-electron chi connectivity index (χ1n) is 5.16. The summed E-state index contributed by atoms with van der Waals surface area (Å²) in [6.45, 7) is 9.46. The van der Waals surface area contributed by atoms with Crippen molar-refractivity contribution in [2.24, 2.45) is 0 Å². The Kier molecular flexibility index (Phi) is 3.63. The van der Waals surface area contributed by atoms with Crippen LogP contribution in [0.4, 0.5) is 0 Å². The molecule has 1 aromatic heterocycles. The van der Waals surface area contributed by atoms with Crippen LogP contribution in [0, 0.1) is 0 Å². The molecule has 0 spiro atoms. The molecule has 0 unspecified atom stereocenters. The van der Waals surface area contributed by atoms with E-state index in [1.807, 2.05) is 0 Å². The Balaban J connectivity index is 2.31. The van der Waals surface area contributed by atoms with Gasteiger partial charge in [-0.3, -0.25) is 5.10 Å². The van der Waals surface area contributed by atoms with E-state index in [2.05, 4.69) is 48.2 Å². The molecule has 0 aliphatic carbocycles. The summed E-state index contributed by atoms with van der Waals surface area (Å²) in [7, 11) is 0. The third kappa shape index (κ3) is 3.87. The summed E-state index contributed by atoms with van der Waals surface area (Å²) in [6, 6.07) is 0. The van der Waals surface area contributed by atoms with Gasteiger partial charge in [0, 0.05) is 24.9 Å². The minimum Gasteiger partial charge on any atom is -0.312 e. The molecular weight excluding hydrogens is 176 g/mol. The maximum absolute atomic E-state index is 4.34. The van der Waals surface area contributed by atoms with Crippen LogP contribution >= 0.6 is 0 Å². The lowest BCUT2D eigenvalue weighted by atomic mass is 10.1. The molecule has 0 aliphatic rings. The number of H-pyrrole nitrogens is 1. The number of hydrogen-bond donors (Lipinski definition) is 2. The molecule has 0 aliphatic heterocycles. The number of aryl methyl sites for hydroxylation is 1. The zero-order valence-electron chi connectivity index (χ0n) is 9.52. The molecule has 0 atom stereocenters. The molecule has 0 bridgehead atoms. The number of hydrogen-bond acceptors (Lipinski definition) is 3. The van der Waals surface area contributed by atoms with E-state index in [0.717, 1.165) is 31.0 Å². The average Bonchev–Trinajstić information content (AvgIpc) is 2.50. The molecule has 4 heteroatoms. The molecule has 4 nitrogen and oxygen atoms in total. The van der Waals surface area contributed by atoms with Gasteiger partial charge in [0.15, 0.2) is 0 Å². The predicted molar refractivity (Wildman–Crippen MR) is 57.2 cm³/mol. The Hall–Kier alpha value is -0.900. The summed E-state index contributed by atoms with van der Waals surface area (Å²) in [5.41, 5.74) is 0.174. The highest BCUT2D eigenvalue weighted by Gasteiger charge is 2.08. The minimum atomic E-state index is 0.174. The van der Waals surface area contributed by atoms with Crippen LogP contribution in [-0.4, -0.2) is 27.3 Å². The highest BCUT2D eigenvalue weighted by molar-refractivity contribution is 4.90. The van der Waals surface area contributed by atoms with Crippen molar-refractivity contribution in [3.8, 4) is 0 Å². The number of aromatic amines is 1. The quantitative estimate of drug-likeness (QED) is 0.763. The highest BCUT2D eigenvalue weighted by Crippen LogP contribution is 1.99. The number of rotatable bonds is 4. The van der Waals surface area contributed by atoms with E-state index in [-0.39, 0.29) is 5.54 Å². The number of nitrogens with one attached hydrogen (secondary N) is 2. The average molecular weight is 196 g/mol. The fraction of sp³-hybridized carbons (Fsp3) is 0.800. The molecule has 1 aromatic rings. The van der Waals surface area contributed by atoms with Crippen LogP contribution in [0.15, 0.2) is 0 Å². The van der Waals surface area contributed by atoms with Gasteiger partial charge in [0.2, 0.25) is 0 Å². The normalized spacial score (nSPS) is 12.0. The van der Waals surface area contributed by atoms with Crippen molar-refractivity contribution in [3.63, 3.8) is 0 Å². The fourth-order valence-electron chi connectivity index (χ4n) is 1.16. The number of aromatic nitrogens is 3. The first kappa shape index (κ1) is 11.2. The second kappa shape index (κ2) is 4.55. The smallest absolute Gasteiger partial charge is 0.150 e. The molecule has 2 N–H and O–H groups in total. The van der Waals surface area contributed by atoms with Crippen molar-refractivity contribution in [1.82, 2.24) is 20.5 Å². The van der Waals surface area contributed by atoms with Crippen LogP contribution in [0.2, 0.25) is 0 Å². The molecule has 0 amide bonds. The maximum Gasteiger partial charge on any atom is 0.150 e. The second-order valence-corrected chi connectivity index (χ2v) is 4.48. The standard InChI is InChI=1S/C10H20N4/c1-5-8-12-9(14-13-8)6-7-11-10(2,3)4/h11H,5-7H2,1-4H3,(H,12,13,14). The molecule has 1 heterocycles. The third-order valence-corrected chi connectivity index (χ3v) is 1.91. The van der Waals surface area contributed by atoms with Crippen LogP contribution in [0.25, 0.3) is 0 Å². The lowest BCUT2D eigenvalue weighted by Gasteiger charge is -2.19. The largest absolute Gasteiger partial charge is 0.312 e. The molecule has 0 saturated carbocycles. The Bertz CT molecular complexity index is 272. The van der Waals surface area contributed by atoms with Crippen molar-refractivity contribution >= 4 is 0 Å². The van der Waals surface area contributed by atoms with Crippen LogP contribution in [-0.2, 0) is 12.8 Å². The third-order valence-electron chi connectivity index (χ3n) is 1.91. The minimum absolute atomic E-state index is 0.174. The summed E-state index contributed by atoms with van der Waals surface area (Å²) < 4.78 is 0. The van der Waals surface area contributed by atoms with E-state index in [9.17, 15) is 0 Å². The summed E-state index contributed by atoms with van der Waals surface area (Å²) in [5, 5.41) is 10.4. The summed E-state index contributed by atoms with van der Waals surface area (Å²) in [5.74, 6) is 1.87. The van der Waals surface area contributed by atoms with Crippen LogP contribution in [0.3, 0.4) is 0 Å². The molecule has 1 rings (SSSR count). The molecular formula is C10H20N4. The molecule has 0 saturated heterocycles. The van der Waals surface area contributed by atoms with Gasteiger partial charge in [-0.1, -0.05) is 6.92 Å². The van der Waals surface area contributed by atoms with E-state index < -0.39 is 0 Å². The zero-order chi connectivity index (χ0) is 10.6. The van der Waals surface area contributed by atoms with E-state index in [4.69, 9.17) is 0 Å².